The highest BCUT2D eigenvalue weighted by atomic mass is 19.4. The van der Waals surface area contributed by atoms with Gasteiger partial charge in [0.2, 0.25) is 0 Å². The van der Waals surface area contributed by atoms with E-state index < -0.39 is 11.7 Å². The van der Waals surface area contributed by atoms with Crippen molar-refractivity contribution in [3.8, 4) is 5.75 Å². The molecule has 0 spiro atoms. The van der Waals surface area contributed by atoms with Gasteiger partial charge in [-0.1, -0.05) is 12.1 Å². The van der Waals surface area contributed by atoms with E-state index in [0.29, 0.717) is 11.3 Å². The Morgan fingerprint density at radius 2 is 1.85 bits per heavy atom. The minimum atomic E-state index is -4.42. The minimum Gasteiger partial charge on any atom is -0.497 e. The highest BCUT2D eigenvalue weighted by Crippen LogP contribution is 2.30. The average Bonchev–Trinajstić information content (AvgIpc) is 2.41. The second-order valence-corrected chi connectivity index (χ2v) is 4.29. The summed E-state index contributed by atoms with van der Waals surface area (Å²) in [6, 6.07) is 8.07. The maximum Gasteiger partial charge on any atom is 0.417 e. The number of ether oxygens (including phenoxy) is 1. The topological polar surface area (TPSA) is 48.1 Å². The van der Waals surface area contributed by atoms with Crippen LogP contribution in [0.4, 0.5) is 19.0 Å². The molecule has 0 bridgehead atoms. The van der Waals surface area contributed by atoms with Crippen molar-refractivity contribution in [1.82, 2.24) is 4.98 Å². The van der Waals surface area contributed by atoms with Gasteiger partial charge in [-0.15, -0.1) is 0 Å². The Morgan fingerprint density at radius 3 is 2.40 bits per heavy atom. The van der Waals surface area contributed by atoms with Crippen molar-refractivity contribution < 1.29 is 17.9 Å². The fraction of sp³-hybridized carbons (Fsp3) is 0.214. The van der Waals surface area contributed by atoms with Crippen molar-refractivity contribution in [1.29, 1.82) is 0 Å². The van der Waals surface area contributed by atoms with Gasteiger partial charge in [0.25, 0.3) is 0 Å². The van der Waals surface area contributed by atoms with E-state index in [1.54, 1.807) is 31.4 Å². The molecule has 0 aliphatic heterocycles. The lowest BCUT2D eigenvalue weighted by atomic mass is 10.0. The molecule has 20 heavy (non-hydrogen) atoms. The minimum absolute atomic E-state index is 0.105. The number of halogens is 3. The second kappa shape index (κ2) is 5.40. The zero-order chi connectivity index (χ0) is 14.8. The number of pyridine rings is 1. The molecule has 0 fully saturated rings. The Morgan fingerprint density at radius 1 is 1.20 bits per heavy atom. The molecule has 0 aliphatic rings. The highest BCUT2D eigenvalue weighted by molar-refractivity contribution is 5.45. The van der Waals surface area contributed by atoms with E-state index in [9.17, 15) is 13.2 Å². The molecule has 0 radical (unpaired) electrons. The predicted octanol–water partition coefficient (Wildman–Crippen LogP) is 3.28. The maximum atomic E-state index is 12.6. The number of benzene rings is 1. The summed E-state index contributed by atoms with van der Waals surface area (Å²) in [5.41, 5.74) is 6.02. The molecule has 0 amide bonds. The Kier molecular flexibility index (Phi) is 3.83. The quantitative estimate of drug-likeness (QED) is 0.939. The summed E-state index contributed by atoms with van der Waals surface area (Å²) in [6.45, 7) is 0. The third-order valence-corrected chi connectivity index (χ3v) is 2.88. The lowest BCUT2D eigenvalue weighted by Gasteiger charge is -2.10. The number of anilines is 1. The van der Waals surface area contributed by atoms with Gasteiger partial charge < -0.3 is 10.5 Å². The van der Waals surface area contributed by atoms with E-state index in [1.807, 2.05) is 0 Å². The zero-order valence-corrected chi connectivity index (χ0v) is 10.7. The molecular weight excluding hydrogens is 269 g/mol. The van der Waals surface area contributed by atoms with Crippen LogP contribution in [0.3, 0.4) is 0 Å². The van der Waals surface area contributed by atoms with Crippen LogP contribution in [0.5, 0.6) is 5.75 Å². The third-order valence-electron chi connectivity index (χ3n) is 2.88. The summed E-state index contributed by atoms with van der Waals surface area (Å²) in [5.74, 6) is 0.790. The number of nitrogens with two attached hydrogens (primary N) is 1. The number of alkyl halides is 3. The molecule has 6 heteroatoms. The van der Waals surface area contributed by atoms with E-state index in [4.69, 9.17) is 10.5 Å². The van der Waals surface area contributed by atoms with Crippen LogP contribution in [-0.4, -0.2) is 12.1 Å². The van der Waals surface area contributed by atoms with Gasteiger partial charge >= 0.3 is 6.18 Å². The fourth-order valence-electron chi connectivity index (χ4n) is 1.78. The first kappa shape index (κ1) is 14.2. The van der Waals surface area contributed by atoms with Gasteiger partial charge in [-0.05, 0) is 29.3 Å². The molecule has 0 atom stereocenters. The molecule has 3 nitrogen and oxygen atoms in total. The van der Waals surface area contributed by atoms with Crippen LogP contribution in [0.25, 0.3) is 0 Å². The van der Waals surface area contributed by atoms with Gasteiger partial charge in [0, 0.05) is 12.6 Å². The Hall–Kier alpha value is -2.24. The van der Waals surface area contributed by atoms with Crippen molar-refractivity contribution >= 4 is 5.82 Å². The molecule has 1 aromatic heterocycles. The lowest BCUT2D eigenvalue weighted by Crippen LogP contribution is -2.08. The smallest absolute Gasteiger partial charge is 0.417 e. The zero-order valence-electron chi connectivity index (χ0n) is 10.7. The molecule has 106 valence electrons. The number of nitrogens with zero attached hydrogens (tertiary/aromatic N) is 1. The number of methoxy groups -OCH3 is 1. The number of nitrogen functional groups attached to an aromatic ring is 1. The van der Waals surface area contributed by atoms with Crippen LogP contribution in [0.1, 0.15) is 16.7 Å². The van der Waals surface area contributed by atoms with E-state index in [2.05, 4.69) is 4.98 Å². The van der Waals surface area contributed by atoms with E-state index in [-0.39, 0.29) is 12.2 Å². The molecule has 2 N–H and O–H groups in total. The van der Waals surface area contributed by atoms with Gasteiger partial charge in [-0.3, -0.25) is 0 Å². The maximum absolute atomic E-state index is 12.6. The summed E-state index contributed by atoms with van der Waals surface area (Å²) in [5, 5.41) is 0. The summed E-state index contributed by atoms with van der Waals surface area (Å²) in [4.78, 5) is 3.61. The molecule has 0 saturated carbocycles. The summed E-state index contributed by atoms with van der Waals surface area (Å²) in [7, 11) is 1.55. The van der Waals surface area contributed by atoms with Gasteiger partial charge in [-0.2, -0.15) is 13.2 Å². The van der Waals surface area contributed by atoms with Crippen molar-refractivity contribution in [2.45, 2.75) is 12.6 Å². The molecular formula is C14H13F3N2O. The average molecular weight is 282 g/mol. The Bertz CT molecular complexity index is 594. The Balaban J connectivity index is 2.27. The van der Waals surface area contributed by atoms with Gasteiger partial charge in [0.05, 0.1) is 12.7 Å². The number of aromatic nitrogens is 1. The molecule has 1 aromatic carbocycles. The van der Waals surface area contributed by atoms with Crippen LogP contribution in [-0.2, 0) is 12.6 Å². The van der Waals surface area contributed by atoms with Gasteiger partial charge in [-0.25, -0.2) is 4.98 Å². The highest BCUT2D eigenvalue weighted by Gasteiger charge is 2.31. The van der Waals surface area contributed by atoms with Crippen molar-refractivity contribution in [3.05, 3.63) is 53.2 Å². The van der Waals surface area contributed by atoms with Crippen molar-refractivity contribution in [2.75, 3.05) is 12.8 Å². The van der Waals surface area contributed by atoms with Crippen LogP contribution < -0.4 is 10.5 Å². The second-order valence-electron chi connectivity index (χ2n) is 4.29. The molecule has 1 heterocycles. The molecule has 0 saturated heterocycles. The third kappa shape index (κ3) is 3.20. The SMILES string of the molecule is COc1ccc(Cc2cc(C(F)(F)F)cnc2N)cc1. The molecule has 2 rings (SSSR count). The van der Waals surface area contributed by atoms with Gasteiger partial charge in [0.15, 0.2) is 0 Å². The predicted molar refractivity (Wildman–Crippen MR) is 69.5 cm³/mol. The van der Waals surface area contributed by atoms with E-state index in [0.717, 1.165) is 17.8 Å². The lowest BCUT2D eigenvalue weighted by molar-refractivity contribution is -0.137. The van der Waals surface area contributed by atoms with Crippen molar-refractivity contribution in [2.24, 2.45) is 0 Å². The normalized spacial score (nSPS) is 11.4. The van der Waals surface area contributed by atoms with E-state index >= 15 is 0 Å². The molecule has 2 aromatic rings. The molecule has 0 aliphatic carbocycles. The monoisotopic (exact) mass is 282 g/mol. The Labute approximate surface area is 114 Å². The van der Waals surface area contributed by atoms with E-state index in [1.165, 1.54) is 0 Å². The first-order valence-corrected chi connectivity index (χ1v) is 5.84. The van der Waals surface area contributed by atoms with Crippen LogP contribution in [0.2, 0.25) is 0 Å². The number of hydrogen-bond donors (Lipinski definition) is 1. The summed E-state index contributed by atoms with van der Waals surface area (Å²) >= 11 is 0. The number of hydrogen-bond acceptors (Lipinski definition) is 3. The van der Waals surface area contributed by atoms with Crippen molar-refractivity contribution in [3.63, 3.8) is 0 Å². The number of rotatable bonds is 3. The first-order chi connectivity index (χ1) is 9.40. The van der Waals surface area contributed by atoms with Crippen LogP contribution in [0, 0.1) is 0 Å². The summed E-state index contributed by atoms with van der Waals surface area (Å²) in [6.07, 6.45) is -3.39. The van der Waals surface area contributed by atoms with Crippen LogP contribution in [0.15, 0.2) is 36.5 Å². The first-order valence-electron chi connectivity index (χ1n) is 5.84. The fourth-order valence-corrected chi connectivity index (χ4v) is 1.78. The van der Waals surface area contributed by atoms with Gasteiger partial charge in [0.1, 0.15) is 11.6 Å². The standard InChI is InChI=1S/C14H13F3N2O/c1-20-12-4-2-9(3-5-12)6-10-7-11(14(15,16)17)8-19-13(10)18/h2-5,7-8H,6H2,1H3,(H2,18,19). The summed E-state index contributed by atoms with van der Waals surface area (Å²) < 4.78 is 42.9. The van der Waals surface area contributed by atoms with Crippen LogP contribution >= 0.6 is 0 Å². The largest absolute Gasteiger partial charge is 0.497 e. The molecule has 0 unspecified atom stereocenters.